The number of hydrogen-bond donors (Lipinski definition) is 2. The molecule has 8 heteroatoms. The lowest BCUT2D eigenvalue weighted by molar-refractivity contribution is -0.137. The maximum absolute atomic E-state index is 13.0. The molecule has 0 radical (unpaired) electrons. The van der Waals surface area contributed by atoms with E-state index < -0.39 is 11.7 Å². The summed E-state index contributed by atoms with van der Waals surface area (Å²) in [5.74, 6) is 0.345. The maximum atomic E-state index is 13.0. The molecule has 0 bridgehead atoms. The van der Waals surface area contributed by atoms with Crippen LogP contribution in [0.2, 0.25) is 0 Å². The Morgan fingerprint density at radius 1 is 1.12 bits per heavy atom. The van der Waals surface area contributed by atoms with Gasteiger partial charge in [-0.05, 0) is 30.3 Å². The Kier molecular flexibility index (Phi) is 4.03. The molecule has 2 N–H and O–H groups in total. The van der Waals surface area contributed by atoms with E-state index in [1.165, 1.54) is 6.07 Å². The number of anilines is 2. The predicted octanol–water partition coefficient (Wildman–Crippen LogP) is 3.76. The van der Waals surface area contributed by atoms with Crippen molar-refractivity contribution in [1.82, 2.24) is 9.55 Å². The average Bonchev–Trinajstić information content (AvgIpc) is 2.60. The van der Waals surface area contributed by atoms with Gasteiger partial charge in [0.15, 0.2) is 0 Å². The first-order valence-electron chi connectivity index (χ1n) is 7.30. The highest BCUT2D eigenvalue weighted by molar-refractivity contribution is 5.94. The SMILES string of the molecule is CN(c1ccccc1)c1nc(=N)n(C=N)c2cc(C(F)(F)F)ccc12. The Hall–Kier alpha value is -3.16. The van der Waals surface area contributed by atoms with Crippen molar-refractivity contribution >= 4 is 28.7 Å². The van der Waals surface area contributed by atoms with Crippen LogP contribution in [0, 0.1) is 10.8 Å². The number of fused-ring (bicyclic) bond motifs is 1. The molecule has 1 heterocycles. The van der Waals surface area contributed by atoms with E-state index in [0.717, 1.165) is 28.7 Å². The van der Waals surface area contributed by atoms with Crippen LogP contribution >= 0.6 is 0 Å². The molecule has 2 aromatic carbocycles. The van der Waals surface area contributed by atoms with E-state index in [9.17, 15) is 13.2 Å². The standard InChI is InChI=1S/C17H14F3N5/c1-24(12-5-3-2-4-6-12)15-13-8-7-11(17(18,19)20)9-14(13)25(10-21)16(22)23-15/h2-10,21-22H,1H3. The largest absolute Gasteiger partial charge is 0.416 e. The fourth-order valence-electron chi connectivity index (χ4n) is 2.59. The Balaban J connectivity index is 2.31. The Morgan fingerprint density at radius 3 is 2.40 bits per heavy atom. The van der Waals surface area contributed by atoms with Crippen molar-refractivity contribution in [2.45, 2.75) is 6.18 Å². The zero-order valence-electron chi connectivity index (χ0n) is 13.2. The van der Waals surface area contributed by atoms with E-state index >= 15 is 0 Å². The van der Waals surface area contributed by atoms with Crippen molar-refractivity contribution in [3.05, 3.63) is 59.7 Å². The molecule has 0 spiro atoms. The number of benzene rings is 2. The van der Waals surface area contributed by atoms with Crippen LogP contribution in [0.1, 0.15) is 5.56 Å². The summed E-state index contributed by atoms with van der Waals surface area (Å²) in [6, 6.07) is 12.4. The predicted molar refractivity (Wildman–Crippen MR) is 89.3 cm³/mol. The average molecular weight is 345 g/mol. The summed E-state index contributed by atoms with van der Waals surface area (Å²) < 4.78 is 40.1. The highest BCUT2D eigenvalue weighted by Crippen LogP contribution is 2.34. The summed E-state index contributed by atoms with van der Waals surface area (Å²) in [5, 5.41) is 15.8. The van der Waals surface area contributed by atoms with Crippen LogP contribution in [0.15, 0.2) is 48.5 Å². The second kappa shape index (κ2) is 6.04. The molecule has 0 aliphatic rings. The van der Waals surface area contributed by atoms with Crippen molar-refractivity contribution in [2.75, 3.05) is 11.9 Å². The van der Waals surface area contributed by atoms with E-state index in [0.29, 0.717) is 11.2 Å². The zero-order valence-corrected chi connectivity index (χ0v) is 13.2. The van der Waals surface area contributed by atoms with Crippen molar-refractivity contribution < 1.29 is 13.2 Å². The number of nitrogens with one attached hydrogen (secondary N) is 2. The molecule has 1 aromatic heterocycles. The van der Waals surface area contributed by atoms with Crippen molar-refractivity contribution in [1.29, 1.82) is 10.8 Å². The number of halogens is 3. The third-order valence-corrected chi connectivity index (χ3v) is 3.86. The van der Waals surface area contributed by atoms with Crippen molar-refractivity contribution in [3.63, 3.8) is 0 Å². The monoisotopic (exact) mass is 345 g/mol. The van der Waals surface area contributed by atoms with Crippen LogP contribution in [-0.2, 0) is 6.18 Å². The summed E-state index contributed by atoms with van der Waals surface area (Å²) in [6.07, 6.45) is -3.73. The Labute approximate surface area is 141 Å². The summed E-state index contributed by atoms with van der Waals surface area (Å²) >= 11 is 0. The summed E-state index contributed by atoms with van der Waals surface area (Å²) in [5.41, 5.74) is -0.278. The minimum Gasteiger partial charge on any atom is -0.329 e. The lowest BCUT2D eigenvalue weighted by atomic mass is 10.1. The quantitative estimate of drug-likeness (QED) is 0.561. The molecule has 0 aliphatic carbocycles. The first-order chi connectivity index (χ1) is 11.8. The molecule has 5 nitrogen and oxygen atoms in total. The molecule has 0 saturated heterocycles. The van der Waals surface area contributed by atoms with Gasteiger partial charge in [0.1, 0.15) is 5.82 Å². The molecule has 0 atom stereocenters. The van der Waals surface area contributed by atoms with Crippen LogP contribution in [0.25, 0.3) is 10.9 Å². The van der Waals surface area contributed by atoms with Gasteiger partial charge in [0.2, 0.25) is 5.62 Å². The van der Waals surface area contributed by atoms with Gasteiger partial charge in [-0.25, -0.2) is 0 Å². The van der Waals surface area contributed by atoms with Crippen LogP contribution in [0.3, 0.4) is 0 Å². The number of aromatic nitrogens is 2. The number of alkyl halides is 3. The van der Waals surface area contributed by atoms with Gasteiger partial charge in [0.25, 0.3) is 0 Å². The second-order valence-electron chi connectivity index (χ2n) is 5.38. The van der Waals surface area contributed by atoms with Crippen molar-refractivity contribution in [2.24, 2.45) is 0 Å². The van der Waals surface area contributed by atoms with E-state index in [1.807, 2.05) is 30.3 Å². The normalized spacial score (nSPS) is 11.5. The number of hydrogen-bond acceptors (Lipinski definition) is 4. The minimum atomic E-state index is -4.51. The topological polar surface area (TPSA) is 68.8 Å². The van der Waals surface area contributed by atoms with Gasteiger partial charge in [0.05, 0.1) is 17.4 Å². The van der Waals surface area contributed by atoms with Crippen LogP contribution < -0.4 is 10.5 Å². The van der Waals surface area contributed by atoms with Crippen LogP contribution in [-0.4, -0.2) is 22.9 Å². The fourth-order valence-corrected chi connectivity index (χ4v) is 2.59. The van der Waals surface area contributed by atoms with Gasteiger partial charge in [-0.1, -0.05) is 18.2 Å². The third kappa shape index (κ3) is 2.98. The number of nitrogens with zero attached hydrogens (tertiary/aromatic N) is 3. The summed E-state index contributed by atoms with van der Waals surface area (Å²) in [6.45, 7) is 0. The second-order valence-corrected chi connectivity index (χ2v) is 5.38. The fraction of sp³-hybridized carbons (Fsp3) is 0.118. The van der Waals surface area contributed by atoms with Gasteiger partial charge in [-0.2, -0.15) is 18.2 Å². The first-order valence-corrected chi connectivity index (χ1v) is 7.30. The molecule has 0 fully saturated rings. The molecule has 3 aromatic rings. The maximum Gasteiger partial charge on any atom is 0.416 e. The summed E-state index contributed by atoms with van der Waals surface area (Å²) in [4.78, 5) is 5.86. The molecule has 0 unspecified atom stereocenters. The molecular weight excluding hydrogens is 331 g/mol. The molecule has 0 aliphatic heterocycles. The van der Waals surface area contributed by atoms with Gasteiger partial charge in [0, 0.05) is 18.1 Å². The first kappa shape index (κ1) is 16.7. The van der Waals surface area contributed by atoms with E-state index in [1.54, 1.807) is 11.9 Å². The smallest absolute Gasteiger partial charge is 0.329 e. The van der Waals surface area contributed by atoms with E-state index in [2.05, 4.69) is 4.98 Å². The van der Waals surface area contributed by atoms with E-state index in [-0.39, 0.29) is 11.1 Å². The Bertz CT molecular complexity index is 993. The zero-order chi connectivity index (χ0) is 18.2. The molecule has 25 heavy (non-hydrogen) atoms. The number of rotatable bonds is 3. The Morgan fingerprint density at radius 2 is 1.80 bits per heavy atom. The molecular formula is C17H14F3N5. The summed E-state index contributed by atoms with van der Waals surface area (Å²) in [7, 11) is 1.73. The van der Waals surface area contributed by atoms with Crippen LogP contribution in [0.5, 0.6) is 0 Å². The molecule has 128 valence electrons. The van der Waals surface area contributed by atoms with Gasteiger partial charge < -0.3 is 4.90 Å². The highest BCUT2D eigenvalue weighted by atomic mass is 19.4. The van der Waals surface area contributed by atoms with E-state index in [4.69, 9.17) is 10.8 Å². The minimum absolute atomic E-state index is 0.0996. The molecule has 3 rings (SSSR count). The van der Waals surface area contributed by atoms with Gasteiger partial charge in [-0.15, -0.1) is 0 Å². The molecule has 0 amide bonds. The lowest BCUT2D eigenvalue weighted by Gasteiger charge is -2.21. The third-order valence-electron chi connectivity index (χ3n) is 3.86. The van der Waals surface area contributed by atoms with Gasteiger partial charge >= 0.3 is 6.18 Å². The van der Waals surface area contributed by atoms with Crippen LogP contribution in [0.4, 0.5) is 24.7 Å². The number of para-hydroxylation sites is 1. The molecule has 0 saturated carbocycles. The lowest BCUT2D eigenvalue weighted by Crippen LogP contribution is -2.26. The van der Waals surface area contributed by atoms with Gasteiger partial charge in [-0.3, -0.25) is 15.4 Å². The van der Waals surface area contributed by atoms with Crippen molar-refractivity contribution in [3.8, 4) is 0 Å². The highest BCUT2D eigenvalue weighted by Gasteiger charge is 2.31.